The van der Waals surface area contributed by atoms with Crippen LogP contribution in [0.3, 0.4) is 0 Å². The van der Waals surface area contributed by atoms with Gasteiger partial charge in [0, 0.05) is 13.6 Å². The van der Waals surface area contributed by atoms with Crippen molar-refractivity contribution in [1.82, 2.24) is 10.2 Å². The fourth-order valence-electron chi connectivity index (χ4n) is 1.66. The smallest absolute Gasteiger partial charge is 0.413 e. The van der Waals surface area contributed by atoms with Gasteiger partial charge >= 0.3 is 6.09 Å². The molecule has 0 bridgehead atoms. The predicted molar refractivity (Wildman–Crippen MR) is 89.3 cm³/mol. The van der Waals surface area contributed by atoms with Crippen molar-refractivity contribution in [3.63, 3.8) is 0 Å². The van der Waals surface area contributed by atoms with Crippen molar-refractivity contribution in [2.24, 2.45) is 0 Å². The van der Waals surface area contributed by atoms with Crippen LogP contribution in [0, 0.1) is 0 Å². The van der Waals surface area contributed by atoms with Gasteiger partial charge in [-0.05, 0) is 18.6 Å². The second kappa shape index (κ2) is 14.1. The number of nitrogens with one attached hydrogen (secondary N) is 1. The lowest BCUT2D eigenvalue weighted by Crippen LogP contribution is -2.40. The Morgan fingerprint density at radius 3 is 2.05 bits per heavy atom. The summed E-state index contributed by atoms with van der Waals surface area (Å²) in [5.41, 5.74) is 0. The molecule has 0 aliphatic carbocycles. The van der Waals surface area contributed by atoms with Gasteiger partial charge in [-0.3, -0.25) is 4.90 Å². The third-order valence-electron chi connectivity index (χ3n) is 2.90. The largest absolute Gasteiger partial charge is 0.465 e. The number of rotatable bonds is 9. The van der Waals surface area contributed by atoms with E-state index in [0.717, 1.165) is 17.9 Å². The van der Waals surface area contributed by atoms with E-state index in [0.29, 0.717) is 0 Å². The molecule has 19 heavy (non-hydrogen) atoms. The topological polar surface area (TPSA) is 52.6 Å². The van der Waals surface area contributed by atoms with Crippen molar-refractivity contribution >= 4 is 40.4 Å². The van der Waals surface area contributed by atoms with Crippen LogP contribution in [0.5, 0.6) is 0 Å². The Labute approximate surface area is 132 Å². The standard InChI is InChI=1S/C13H26N2O2S.BrH/c1-3-4-5-6-7-8-9-10-11-14-12(18)15(2)13(16)17;/h3-11H2,1-2H3,(H,14,18)(H,16,17);1H. The average molecular weight is 355 g/mol. The fraction of sp³-hybridized carbons (Fsp3) is 0.846. The number of hydrogen-bond donors (Lipinski definition) is 2. The second-order valence-electron chi connectivity index (χ2n) is 4.55. The number of hydrogen-bond acceptors (Lipinski definition) is 2. The Kier molecular flexibility index (Phi) is 15.5. The van der Waals surface area contributed by atoms with E-state index in [-0.39, 0.29) is 22.1 Å². The summed E-state index contributed by atoms with van der Waals surface area (Å²) in [6.07, 6.45) is 9.08. The van der Waals surface area contributed by atoms with E-state index in [9.17, 15) is 4.79 Å². The summed E-state index contributed by atoms with van der Waals surface area (Å²) in [7, 11) is 1.45. The highest BCUT2D eigenvalue weighted by Gasteiger charge is 2.09. The molecule has 0 heterocycles. The summed E-state index contributed by atoms with van der Waals surface area (Å²) < 4.78 is 0. The van der Waals surface area contributed by atoms with E-state index in [4.69, 9.17) is 17.3 Å². The molecule has 0 spiro atoms. The number of nitrogens with zero attached hydrogens (tertiary/aromatic N) is 1. The van der Waals surface area contributed by atoms with Crippen molar-refractivity contribution in [1.29, 1.82) is 0 Å². The van der Waals surface area contributed by atoms with E-state index in [1.165, 1.54) is 52.0 Å². The van der Waals surface area contributed by atoms with Gasteiger partial charge in [0.2, 0.25) is 0 Å². The van der Waals surface area contributed by atoms with Gasteiger partial charge < -0.3 is 10.4 Å². The maximum Gasteiger partial charge on any atom is 0.413 e. The highest BCUT2D eigenvalue weighted by molar-refractivity contribution is 8.93. The molecule has 1 amide bonds. The molecule has 0 aromatic heterocycles. The molecule has 4 nitrogen and oxygen atoms in total. The van der Waals surface area contributed by atoms with Crippen LogP contribution in [0.25, 0.3) is 0 Å². The van der Waals surface area contributed by atoms with Crippen molar-refractivity contribution in [3.8, 4) is 0 Å². The van der Waals surface area contributed by atoms with E-state index in [1.807, 2.05) is 0 Å². The zero-order valence-corrected chi connectivity index (χ0v) is 14.5. The number of carbonyl (C=O) groups is 1. The van der Waals surface area contributed by atoms with Crippen molar-refractivity contribution in [2.45, 2.75) is 58.3 Å². The first-order valence-electron chi connectivity index (χ1n) is 6.84. The molecule has 0 unspecified atom stereocenters. The Morgan fingerprint density at radius 1 is 1.11 bits per heavy atom. The monoisotopic (exact) mass is 354 g/mol. The van der Waals surface area contributed by atoms with E-state index < -0.39 is 6.09 Å². The molecule has 0 rings (SSSR count). The van der Waals surface area contributed by atoms with Crippen LogP contribution in [-0.2, 0) is 0 Å². The Hall–Kier alpha value is -0.360. The van der Waals surface area contributed by atoms with Gasteiger partial charge in [0.05, 0.1) is 0 Å². The first-order chi connectivity index (χ1) is 8.59. The molecule has 0 fully saturated rings. The molecule has 0 saturated carbocycles. The zero-order valence-electron chi connectivity index (χ0n) is 12.0. The summed E-state index contributed by atoms with van der Waals surface area (Å²) in [6.45, 7) is 2.98. The molecule has 0 radical (unpaired) electrons. The van der Waals surface area contributed by atoms with Crippen molar-refractivity contribution < 1.29 is 9.90 Å². The molecule has 0 atom stereocenters. The van der Waals surface area contributed by atoms with Crippen LogP contribution in [0.2, 0.25) is 0 Å². The molecule has 2 N–H and O–H groups in total. The van der Waals surface area contributed by atoms with Crippen LogP contribution in [0.4, 0.5) is 4.79 Å². The van der Waals surface area contributed by atoms with Crippen LogP contribution in [-0.4, -0.2) is 34.8 Å². The quantitative estimate of drug-likeness (QED) is 0.481. The Morgan fingerprint density at radius 2 is 1.58 bits per heavy atom. The minimum atomic E-state index is -1.02. The number of amides is 1. The van der Waals surface area contributed by atoms with E-state index >= 15 is 0 Å². The van der Waals surface area contributed by atoms with Crippen LogP contribution in [0.1, 0.15) is 58.3 Å². The van der Waals surface area contributed by atoms with Gasteiger partial charge in [0.25, 0.3) is 0 Å². The third-order valence-corrected chi connectivity index (χ3v) is 3.32. The molecular formula is C13H27BrN2O2S. The normalized spacial score (nSPS) is 9.58. The Bertz CT molecular complexity index is 253. The molecular weight excluding hydrogens is 328 g/mol. The van der Waals surface area contributed by atoms with Gasteiger partial charge in [-0.25, -0.2) is 4.79 Å². The molecule has 6 heteroatoms. The lowest BCUT2D eigenvalue weighted by Gasteiger charge is -2.15. The Balaban J connectivity index is 0. The summed E-state index contributed by atoms with van der Waals surface area (Å²) in [5.74, 6) is 0. The molecule has 0 aromatic carbocycles. The number of unbranched alkanes of at least 4 members (excludes halogenated alkanes) is 7. The highest BCUT2D eigenvalue weighted by atomic mass is 79.9. The predicted octanol–water partition coefficient (Wildman–Crippen LogP) is 4.19. The van der Waals surface area contributed by atoms with E-state index in [1.54, 1.807) is 0 Å². The van der Waals surface area contributed by atoms with Gasteiger partial charge in [-0.15, -0.1) is 17.0 Å². The minimum Gasteiger partial charge on any atom is -0.465 e. The van der Waals surface area contributed by atoms with Gasteiger partial charge in [0.1, 0.15) is 0 Å². The number of thiocarbonyl (C=S) groups is 1. The maximum absolute atomic E-state index is 10.6. The van der Waals surface area contributed by atoms with Crippen LogP contribution in [0.15, 0.2) is 0 Å². The van der Waals surface area contributed by atoms with Crippen molar-refractivity contribution in [3.05, 3.63) is 0 Å². The molecule has 0 saturated heterocycles. The lowest BCUT2D eigenvalue weighted by atomic mass is 10.1. The van der Waals surface area contributed by atoms with Crippen LogP contribution < -0.4 is 5.32 Å². The number of halogens is 1. The second-order valence-corrected chi connectivity index (χ2v) is 4.94. The molecule has 114 valence electrons. The lowest BCUT2D eigenvalue weighted by molar-refractivity contribution is 0.175. The summed E-state index contributed by atoms with van der Waals surface area (Å²) in [6, 6.07) is 0. The third kappa shape index (κ3) is 12.4. The highest BCUT2D eigenvalue weighted by Crippen LogP contribution is 2.07. The van der Waals surface area contributed by atoms with Crippen molar-refractivity contribution in [2.75, 3.05) is 13.6 Å². The van der Waals surface area contributed by atoms with E-state index in [2.05, 4.69) is 12.2 Å². The van der Waals surface area contributed by atoms with Gasteiger partial charge in [0.15, 0.2) is 5.11 Å². The first-order valence-corrected chi connectivity index (χ1v) is 7.25. The summed E-state index contributed by atoms with van der Waals surface area (Å²) >= 11 is 4.94. The number of carboxylic acid groups (broad SMARTS) is 1. The van der Waals surface area contributed by atoms with Gasteiger partial charge in [-0.1, -0.05) is 51.9 Å². The minimum absolute atomic E-state index is 0. The van der Waals surface area contributed by atoms with Gasteiger partial charge in [-0.2, -0.15) is 0 Å². The SMILES string of the molecule is Br.CCCCCCCCCCNC(=S)N(C)C(=O)O. The summed E-state index contributed by atoms with van der Waals surface area (Å²) in [5, 5.41) is 11.9. The summed E-state index contributed by atoms with van der Waals surface area (Å²) in [4.78, 5) is 11.6. The maximum atomic E-state index is 10.6. The molecule has 0 aliphatic heterocycles. The molecule has 0 aliphatic rings. The first kappa shape index (κ1) is 20.9. The molecule has 0 aromatic rings. The average Bonchev–Trinajstić information content (AvgIpc) is 2.35. The van der Waals surface area contributed by atoms with Crippen LogP contribution >= 0.6 is 29.2 Å². The fourth-order valence-corrected chi connectivity index (χ4v) is 1.84. The zero-order chi connectivity index (χ0) is 13.8.